The van der Waals surface area contributed by atoms with Crippen LogP contribution in [0.25, 0.3) is 11.3 Å². The first-order chi connectivity index (χ1) is 9.85. The van der Waals surface area contributed by atoms with E-state index in [-0.39, 0.29) is 5.75 Å². The fourth-order valence-corrected chi connectivity index (χ4v) is 2.29. The first kappa shape index (κ1) is 13.8. The van der Waals surface area contributed by atoms with Crippen LogP contribution in [0.1, 0.15) is 24.6 Å². The Morgan fingerprint density at radius 3 is 2.67 bits per heavy atom. The van der Waals surface area contributed by atoms with Gasteiger partial charge in [-0.1, -0.05) is 12.1 Å². The average Bonchev–Trinajstić information content (AvgIpc) is 3.17. The summed E-state index contributed by atoms with van der Waals surface area (Å²) in [6.07, 6.45) is -2.57. The third-order valence-electron chi connectivity index (χ3n) is 3.46. The summed E-state index contributed by atoms with van der Waals surface area (Å²) in [4.78, 5) is 4.48. The summed E-state index contributed by atoms with van der Waals surface area (Å²) in [5.74, 6) is 1.45. The summed E-state index contributed by atoms with van der Waals surface area (Å²) in [6.45, 7) is 0. The zero-order chi connectivity index (χ0) is 15.2. The standard InChI is InChI=1S/C14H14F3N3O/c1-20-12(18)11(19-13(20)8-5-6-8)9-3-2-4-10(7-9)21-14(15,16)17/h2-4,7-8H,5-6,18H2,1H3. The van der Waals surface area contributed by atoms with Gasteiger partial charge in [-0.3, -0.25) is 0 Å². The number of rotatable bonds is 3. The summed E-state index contributed by atoms with van der Waals surface area (Å²) >= 11 is 0. The van der Waals surface area contributed by atoms with Gasteiger partial charge in [-0.2, -0.15) is 0 Å². The minimum atomic E-state index is -4.71. The van der Waals surface area contributed by atoms with E-state index in [9.17, 15) is 13.2 Å². The van der Waals surface area contributed by atoms with Crippen molar-refractivity contribution in [2.45, 2.75) is 25.1 Å². The number of imidazole rings is 1. The molecule has 0 atom stereocenters. The molecular formula is C14H14F3N3O. The zero-order valence-corrected chi connectivity index (χ0v) is 11.3. The molecule has 21 heavy (non-hydrogen) atoms. The van der Waals surface area contributed by atoms with Crippen molar-refractivity contribution < 1.29 is 17.9 Å². The molecule has 0 bridgehead atoms. The lowest BCUT2D eigenvalue weighted by atomic mass is 10.1. The van der Waals surface area contributed by atoms with Crippen molar-refractivity contribution in [1.29, 1.82) is 0 Å². The van der Waals surface area contributed by atoms with Gasteiger partial charge in [0.2, 0.25) is 0 Å². The maximum atomic E-state index is 12.3. The number of alkyl halides is 3. The maximum absolute atomic E-state index is 12.3. The summed E-state index contributed by atoms with van der Waals surface area (Å²) in [7, 11) is 1.82. The van der Waals surface area contributed by atoms with Gasteiger partial charge >= 0.3 is 6.36 Å². The van der Waals surface area contributed by atoms with Gasteiger partial charge < -0.3 is 15.0 Å². The Hall–Kier alpha value is -2.18. The average molecular weight is 297 g/mol. The monoisotopic (exact) mass is 297 g/mol. The normalized spacial score (nSPS) is 15.2. The molecule has 1 aromatic heterocycles. The van der Waals surface area contributed by atoms with Crippen molar-refractivity contribution >= 4 is 5.82 Å². The van der Waals surface area contributed by atoms with Crippen molar-refractivity contribution in [3.8, 4) is 17.0 Å². The number of nitrogen functional groups attached to an aromatic ring is 1. The van der Waals surface area contributed by atoms with Crippen LogP contribution in [0.15, 0.2) is 24.3 Å². The molecule has 1 fully saturated rings. The van der Waals surface area contributed by atoms with Crippen LogP contribution in [0, 0.1) is 0 Å². The molecule has 0 amide bonds. The largest absolute Gasteiger partial charge is 0.573 e. The maximum Gasteiger partial charge on any atom is 0.573 e. The van der Waals surface area contributed by atoms with Crippen molar-refractivity contribution in [2.24, 2.45) is 7.05 Å². The summed E-state index contributed by atoms with van der Waals surface area (Å²) < 4.78 is 42.5. The summed E-state index contributed by atoms with van der Waals surface area (Å²) in [5.41, 5.74) is 7.02. The lowest BCUT2D eigenvalue weighted by Gasteiger charge is -2.09. The van der Waals surface area contributed by atoms with Crippen LogP contribution in [0.5, 0.6) is 5.75 Å². The number of ether oxygens (including phenoxy) is 1. The molecule has 1 aliphatic rings. The molecule has 0 saturated heterocycles. The molecule has 7 heteroatoms. The molecule has 1 heterocycles. The Kier molecular flexibility index (Phi) is 3.07. The molecule has 0 unspecified atom stereocenters. The Bertz CT molecular complexity index is 675. The van der Waals surface area contributed by atoms with Gasteiger partial charge in [-0.05, 0) is 25.0 Å². The Labute approximate surface area is 119 Å². The molecule has 2 aromatic rings. The van der Waals surface area contributed by atoms with E-state index in [0.29, 0.717) is 23.0 Å². The lowest BCUT2D eigenvalue weighted by Crippen LogP contribution is -2.17. The topological polar surface area (TPSA) is 53.1 Å². The van der Waals surface area contributed by atoms with Gasteiger partial charge in [0.15, 0.2) is 0 Å². The van der Waals surface area contributed by atoms with E-state index in [0.717, 1.165) is 18.7 Å². The molecule has 1 saturated carbocycles. The third kappa shape index (κ3) is 2.81. The molecule has 4 nitrogen and oxygen atoms in total. The van der Waals surface area contributed by atoms with Crippen LogP contribution in [0.4, 0.5) is 19.0 Å². The van der Waals surface area contributed by atoms with Gasteiger partial charge in [0.25, 0.3) is 0 Å². The van der Waals surface area contributed by atoms with Crippen LogP contribution >= 0.6 is 0 Å². The van der Waals surface area contributed by atoms with Crippen LogP contribution in [-0.4, -0.2) is 15.9 Å². The van der Waals surface area contributed by atoms with E-state index in [1.54, 1.807) is 10.6 Å². The molecule has 1 aromatic carbocycles. The van der Waals surface area contributed by atoms with E-state index >= 15 is 0 Å². The fraction of sp³-hybridized carbons (Fsp3) is 0.357. The lowest BCUT2D eigenvalue weighted by molar-refractivity contribution is -0.274. The molecule has 3 rings (SSSR count). The predicted octanol–water partition coefficient (Wildman–Crippen LogP) is 3.45. The van der Waals surface area contributed by atoms with Gasteiger partial charge in [-0.15, -0.1) is 13.2 Å². The fourth-order valence-electron chi connectivity index (χ4n) is 2.29. The van der Waals surface area contributed by atoms with Crippen molar-refractivity contribution in [2.75, 3.05) is 5.73 Å². The second kappa shape index (κ2) is 4.68. The van der Waals surface area contributed by atoms with E-state index < -0.39 is 6.36 Å². The van der Waals surface area contributed by atoms with Crippen LogP contribution in [0.3, 0.4) is 0 Å². The molecule has 112 valence electrons. The molecule has 1 aliphatic carbocycles. The summed E-state index contributed by atoms with van der Waals surface area (Å²) in [5, 5.41) is 0. The first-order valence-corrected chi connectivity index (χ1v) is 6.53. The van der Waals surface area contributed by atoms with Crippen molar-refractivity contribution in [3.05, 3.63) is 30.1 Å². The second-order valence-corrected chi connectivity index (χ2v) is 5.11. The summed E-state index contributed by atoms with van der Waals surface area (Å²) in [6, 6.07) is 5.70. The Morgan fingerprint density at radius 1 is 1.33 bits per heavy atom. The molecule has 0 spiro atoms. The number of nitrogens with zero attached hydrogens (tertiary/aromatic N) is 2. The Morgan fingerprint density at radius 2 is 2.05 bits per heavy atom. The Balaban J connectivity index is 1.97. The van der Waals surface area contributed by atoms with Gasteiger partial charge in [0.05, 0.1) is 0 Å². The quantitative estimate of drug-likeness (QED) is 0.944. The van der Waals surface area contributed by atoms with Crippen LogP contribution in [-0.2, 0) is 7.05 Å². The van der Waals surface area contributed by atoms with Gasteiger partial charge in [-0.25, -0.2) is 4.98 Å². The molecule has 2 N–H and O–H groups in total. The van der Waals surface area contributed by atoms with E-state index in [2.05, 4.69) is 9.72 Å². The smallest absolute Gasteiger partial charge is 0.406 e. The third-order valence-corrected chi connectivity index (χ3v) is 3.46. The highest BCUT2D eigenvalue weighted by molar-refractivity contribution is 5.72. The molecular weight excluding hydrogens is 283 g/mol. The van der Waals surface area contributed by atoms with Gasteiger partial charge in [0.1, 0.15) is 23.1 Å². The number of halogens is 3. The number of benzene rings is 1. The first-order valence-electron chi connectivity index (χ1n) is 6.53. The number of anilines is 1. The van der Waals surface area contributed by atoms with E-state index in [4.69, 9.17) is 5.73 Å². The number of aromatic nitrogens is 2. The number of hydrogen-bond acceptors (Lipinski definition) is 3. The minimum Gasteiger partial charge on any atom is -0.406 e. The minimum absolute atomic E-state index is 0.280. The van der Waals surface area contributed by atoms with E-state index in [1.807, 2.05) is 7.05 Å². The number of nitrogens with two attached hydrogens (primary N) is 1. The predicted molar refractivity (Wildman–Crippen MR) is 71.7 cm³/mol. The molecule has 0 aliphatic heterocycles. The second-order valence-electron chi connectivity index (χ2n) is 5.11. The van der Waals surface area contributed by atoms with Crippen molar-refractivity contribution in [1.82, 2.24) is 9.55 Å². The molecule has 0 radical (unpaired) electrons. The highest BCUT2D eigenvalue weighted by Gasteiger charge is 2.32. The van der Waals surface area contributed by atoms with Crippen molar-refractivity contribution in [3.63, 3.8) is 0 Å². The SMILES string of the molecule is Cn1c(C2CC2)nc(-c2cccc(OC(F)(F)F)c2)c1N. The number of hydrogen-bond donors (Lipinski definition) is 1. The zero-order valence-electron chi connectivity index (χ0n) is 11.3. The van der Waals surface area contributed by atoms with Crippen LogP contribution in [0.2, 0.25) is 0 Å². The van der Waals surface area contributed by atoms with Gasteiger partial charge in [0, 0.05) is 18.5 Å². The van der Waals surface area contributed by atoms with Crippen LogP contribution < -0.4 is 10.5 Å². The highest BCUT2D eigenvalue weighted by Crippen LogP contribution is 2.42. The highest BCUT2D eigenvalue weighted by atomic mass is 19.4. The van der Waals surface area contributed by atoms with E-state index in [1.165, 1.54) is 18.2 Å².